The van der Waals surface area contributed by atoms with Gasteiger partial charge in [-0.3, -0.25) is 14.9 Å². The van der Waals surface area contributed by atoms with Gasteiger partial charge in [-0.2, -0.15) is 0 Å². The summed E-state index contributed by atoms with van der Waals surface area (Å²) in [6.45, 7) is 9.86. The first-order chi connectivity index (χ1) is 15.6. The van der Waals surface area contributed by atoms with Crippen LogP contribution in [0.25, 0.3) is 11.0 Å². The summed E-state index contributed by atoms with van der Waals surface area (Å²) in [4.78, 5) is 32.1. The van der Waals surface area contributed by atoms with Crippen molar-refractivity contribution in [3.05, 3.63) is 54.1 Å². The van der Waals surface area contributed by atoms with Crippen LogP contribution in [0, 0.1) is 0 Å². The standard InChI is InChI=1S/C24H31N5O3/c1-4-28(5-2)15-16-29-20-13-9-8-12-19(20)26-24(29)27-22(30)17-25-23(31)18-11-7-10-14-21(18)32-6-3/h7-14H,4-6,15-17H2,1-3H3,(H,25,31)(H,26,27,30). The lowest BCUT2D eigenvalue weighted by molar-refractivity contribution is -0.115. The zero-order valence-electron chi connectivity index (χ0n) is 18.9. The van der Waals surface area contributed by atoms with Crippen molar-refractivity contribution in [2.75, 3.05) is 38.1 Å². The summed E-state index contributed by atoms with van der Waals surface area (Å²) in [5, 5.41) is 5.52. The Balaban J connectivity index is 1.69. The Morgan fingerprint density at radius 3 is 2.50 bits per heavy atom. The van der Waals surface area contributed by atoms with E-state index < -0.39 is 0 Å². The summed E-state index contributed by atoms with van der Waals surface area (Å²) in [5.74, 6) is 0.268. The van der Waals surface area contributed by atoms with Crippen LogP contribution in [0.3, 0.4) is 0 Å². The number of carbonyl (C=O) groups excluding carboxylic acids is 2. The fraction of sp³-hybridized carbons (Fsp3) is 0.375. The van der Waals surface area contributed by atoms with Crippen LogP contribution in [0.2, 0.25) is 0 Å². The number of anilines is 1. The molecule has 2 N–H and O–H groups in total. The summed E-state index contributed by atoms with van der Waals surface area (Å²) in [5.41, 5.74) is 2.18. The van der Waals surface area contributed by atoms with E-state index in [1.54, 1.807) is 24.3 Å². The predicted octanol–water partition coefficient (Wildman–Crippen LogP) is 3.15. The van der Waals surface area contributed by atoms with Crippen LogP contribution >= 0.6 is 0 Å². The van der Waals surface area contributed by atoms with Gasteiger partial charge in [0.25, 0.3) is 5.91 Å². The number of nitrogens with one attached hydrogen (secondary N) is 2. The van der Waals surface area contributed by atoms with Crippen molar-refractivity contribution in [2.45, 2.75) is 27.3 Å². The SMILES string of the molecule is CCOc1ccccc1C(=O)NCC(=O)Nc1nc2ccccc2n1CCN(CC)CC. The normalized spacial score (nSPS) is 11.0. The first kappa shape index (κ1) is 23.3. The molecular formula is C24H31N5O3. The fourth-order valence-electron chi connectivity index (χ4n) is 3.54. The van der Waals surface area contributed by atoms with Gasteiger partial charge in [0.15, 0.2) is 0 Å². The van der Waals surface area contributed by atoms with Crippen LogP contribution in [0.1, 0.15) is 31.1 Å². The molecule has 3 aromatic rings. The number of imidazole rings is 1. The maximum Gasteiger partial charge on any atom is 0.255 e. The first-order valence-corrected chi connectivity index (χ1v) is 11.0. The number of fused-ring (bicyclic) bond motifs is 1. The summed E-state index contributed by atoms with van der Waals surface area (Å²) in [6, 6.07) is 14.8. The first-order valence-electron chi connectivity index (χ1n) is 11.0. The lowest BCUT2D eigenvalue weighted by Gasteiger charge is -2.19. The van der Waals surface area contributed by atoms with Gasteiger partial charge in [0.05, 0.1) is 29.7 Å². The van der Waals surface area contributed by atoms with E-state index in [2.05, 4.69) is 34.4 Å². The van der Waals surface area contributed by atoms with Gasteiger partial charge >= 0.3 is 0 Å². The molecule has 0 aliphatic rings. The van der Waals surface area contributed by atoms with Crippen LogP contribution in [0.5, 0.6) is 5.75 Å². The van der Waals surface area contributed by atoms with Gasteiger partial charge in [-0.05, 0) is 44.3 Å². The molecule has 32 heavy (non-hydrogen) atoms. The Bertz CT molecular complexity index is 1060. The number of rotatable bonds is 11. The monoisotopic (exact) mass is 437 g/mol. The van der Waals surface area contributed by atoms with E-state index in [-0.39, 0.29) is 18.4 Å². The summed E-state index contributed by atoms with van der Waals surface area (Å²) < 4.78 is 7.51. The number of hydrogen-bond donors (Lipinski definition) is 2. The summed E-state index contributed by atoms with van der Waals surface area (Å²) >= 11 is 0. The second kappa shape index (κ2) is 11.3. The molecule has 8 heteroatoms. The molecule has 3 rings (SSSR count). The number of nitrogens with zero attached hydrogens (tertiary/aromatic N) is 3. The van der Waals surface area contributed by atoms with Gasteiger partial charge in [0.1, 0.15) is 5.75 Å². The molecule has 2 amide bonds. The van der Waals surface area contributed by atoms with Crippen molar-refractivity contribution < 1.29 is 14.3 Å². The highest BCUT2D eigenvalue weighted by Crippen LogP contribution is 2.20. The van der Waals surface area contributed by atoms with E-state index in [1.165, 1.54) is 0 Å². The van der Waals surface area contributed by atoms with Crippen molar-refractivity contribution in [2.24, 2.45) is 0 Å². The van der Waals surface area contributed by atoms with E-state index in [0.717, 1.165) is 30.7 Å². The third-order valence-electron chi connectivity index (χ3n) is 5.28. The van der Waals surface area contributed by atoms with Crippen molar-refractivity contribution in [1.29, 1.82) is 0 Å². The molecule has 0 aliphatic carbocycles. The topological polar surface area (TPSA) is 88.5 Å². The maximum atomic E-state index is 12.6. The van der Waals surface area contributed by atoms with E-state index in [0.29, 0.717) is 30.4 Å². The molecule has 0 atom stereocenters. The fourth-order valence-corrected chi connectivity index (χ4v) is 3.54. The zero-order chi connectivity index (χ0) is 22.9. The van der Waals surface area contributed by atoms with E-state index in [4.69, 9.17) is 4.74 Å². The lowest BCUT2D eigenvalue weighted by atomic mass is 10.2. The Morgan fingerprint density at radius 1 is 1.03 bits per heavy atom. The Kier molecular flexibility index (Phi) is 8.21. The quantitative estimate of drug-likeness (QED) is 0.481. The number of likely N-dealkylation sites (N-methyl/N-ethyl adjacent to an activating group) is 1. The van der Waals surface area contributed by atoms with Crippen molar-refractivity contribution in [3.8, 4) is 5.75 Å². The minimum atomic E-state index is -0.362. The largest absolute Gasteiger partial charge is 0.493 e. The molecule has 0 aliphatic heterocycles. The molecule has 0 spiro atoms. The van der Waals surface area contributed by atoms with Gasteiger partial charge in [-0.25, -0.2) is 4.98 Å². The van der Waals surface area contributed by atoms with E-state index in [9.17, 15) is 9.59 Å². The highest BCUT2D eigenvalue weighted by atomic mass is 16.5. The van der Waals surface area contributed by atoms with Crippen LogP contribution in [0.15, 0.2) is 48.5 Å². The average Bonchev–Trinajstić information content (AvgIpc) is 3.15. The molecule has 0 unspecified atom stereocenters. The molecule has 170 valence electrons. The second-order valence-electron chi connectivity index (χ2n) is 7.26. The van der Waals surface area contributed by atoms with E-state index >= 15 is 0 Å². The number of carbonyl (C=O) groups is 2. The summed E-state index contributed by atoms with van der Waals surface area (Å²) in [7, 11) is 0. The number of amides is 2. The molecule has 0 radical (unpaired) electrons. The molecule has 0 fully saturated rings. The molecule has 0 saturated carbocycles. The van der Waals surface area contributed by atoms with Crippen LogP contribution in [-0.4, -0.2) is 59.1 Å². The lowest BCUT2D eigenvalue weighted by Crippen LogP contribution is -2.34. The predicted molar refractivity (Wildman–Crippen MR) is 126 cm³/mol. The molecule has 8 nitrogen and oxygen atoms in total. The number of para-hydroxylation sites is 3. The Morgan fingerprint density at radius 2 is 1.75 bits per heavy atom. The van der Waals surface area contributed by atoms with Gasteiger partial charge < -0.3 is 19.5 Å². The van der Waals surface area contributed by atoms with Gasteiger partial charge in [-0.15, -0.1) is 0 Å². The minimum Gasteiger partial charge on any atom is -0.493 e. The molecule has 1 aromatic heterocycles. The molecule has 0 saturated heterocycles. The van der Waals surface area contributed by atoms with E-state index in [1.807, 2.05) is 35.8 Å². The highest BCUT2D eigenvalue weighted by molar-refractivity contribution is 6.00. The number of benzene rings is 2. The number of hydrogen-bond acceptors (Lipinski definition) is 5. The van der Waals surface area contributed by atoms with Gasteiger partial charge in [-0.1, -0.05) is 38.1 Å². The third kappa shape index (κ3) is 5.64. The van der Waals surface area contributed by atoms with Crippen LogP contribution < -0.4 is 15.4 Å². The van der Waals surface area contributed by atoms with Gasteiger partial charge in [0, 0.05) is 13.1 Å². The summed E-state index contributed by atoms with van der Waals surface area (Å²) in [6.07, 6.45) is 0. The average molecular weight is 438 g/mol. The molecule has 2 aromatic carbocycles. The minimum absolute atomic E-state index is 0.168. The van der Waals surface area contributed by atoms with Crippen LogP contribution in [-0.2, 0) is 11.3 Å². The van der Waals surface area contributed by atoms with Crippen LogP contribution in [0.4, 0.5) is 5.95 Å². The van der Waals surface area contributed by atoms with Crippen molar-refractivity contribution in [1.82, 2.24) is 19.8 Å². The van der Waals surface area contributed by atoms with Gasteiger partial charge in [0.2, 0.25) is 11.9 Å². The third-order valence-corrected chi connectivity index (χ3v) is 5.28. The molecule has 1 heterocycles. The second-order valence-corrected chi connectivity index (χ2v) is 7.26. The molecule has 0 bridgehead atoms. The number of aromatic nitrogens is 2. The smallest absolute Gasteiger partial charge is 0.255 e. The number of ether oxygens (including phenoxy) is 1. The highest BCUT2D eigenvalue weighted by Gasteiger charge is 2.16. The Hall–Kier alpha value is -3.39. The maximum absolute atomic E-state index is 12.6. The Labute approximate surface area is 188 Å². The zero-order valence-corrected chi connectivity index (χ0v) is 18.9. The molecular weight excluding hydrogens is 406 g/mol. The van der Waals surface area contributed by atoms with Crippen molar-refractivity contribution in [3.63, 3.8) is 0 Å². The van der Waals surface area contributed by atoms with Crippen molar-refractivity contribution >= 4 is 28.8 Å².